The van der Waals surface area contributed by atoms with E-state index in [4.69, 9.17) is 22.4 Å². The molecule has 0 radical (unpaired) electrons. The number of pyridine rings is 1. The number of thiazole rings is 1. The van der Waals surface area contributed by atoms with Gasteiger partial charge in [-0.2, -0.15) is 0 Å². The third kappa shape index (κ3) is 4.05. The molecule has 0 fully saturated rings. The van der Waals surface area contributed by atoms with Gasteiger partial charge in [-0.3, -0.25) is 4.79 Å². The molecule has 0 aromatic carbocycles. The summed E-state index contributed by atoms with van der Waals surface area (Å²) < 4.78 is 0. The average Bonchev–Trinajstić information content (AvgIpc) is 3.29. The van der Waals surface area contributed by atoms with Gasteiger partial charge < -0.3 is 21.1 Å². The number of aliphatic hydroxyl groups excluding tert-OH is 1. The fraction of sp³-hybridized carbons (Fsp3) is 0.188. The zero-order valence-electron chi connectivity index (χ0n) is 13.1. The molecule has 0 unspecified atom stereocenters. The number of hydrogen-bond acceptors (Lipinski definition) is 6. The van der Waals surface area contributed by atoms with Gasteiger partial charge >= 0.3 is 0 Å². The zero-order valence-corrected chi connectivity index (χ0v) is 14.6. The largest absolute Gasteiger partial charge is 0.390 e. The summed E-state index contributed by atoms with van der Waals surface area (Å²) in [6, 6.07) is 6.57. The molecule has 3 aromatic rings. The van der Waals surface area contributed by atoms with Crippen molar-refractivity contribution in [2.24, 2.45) is 5.73 Å². The molecule has 0 bridgehead atoms. The number of nitrogens with zero attached hydrogens (tertiary/aromatic N) is 2. The molecule has 130 valence electrons. The van der Waals surface area contributed by atoms with Gasteiger partial charge in [0.05, 0.1) is 18.3 Å². The number of nitrogens with two attached hydrogens (primary N) is 1. The van der Waals surface area contributed by atoms with E-state index in [2.05, 4.69) is 20.3 Å². The second kappa shape index (κ2) is 7.75. The number of rotatable bonds is 6. The highest BCUT2D eigenvalue weighted by molar-refractivity contribution is 7.09. The van der Waals surface area contributed by atoms with Crippen LogP contribution >= 0.6 is 22.9 Å². The Kier molecular flexibility index (Phi) is 5.44. The van der Waals surface area contributed by atoms with Gasteiger partial charge in [0.1, 0.15) is 15.9 Å². The molecule has 7 nitrogen and oxygen atoms in total. The molecule has 0 saturated heterocycles. The van der Waals surface area contributed by atoms with Gasteiger partial charge in [0.25, 0.3) is 5.91 Å². The summed E-state index contributed by atoms with van der Waals surface area (Å²) >= 11 is 7.13. The van der Waals surface area contributed by atoms with E-state index in [0.717, 1.165) is 11.3 Å². The number of nitrogens with one attached hydrogen (secondary N) is 2. The van der Waals surface area contributed by atoms with Gasteiger partial charge in [0.15, 0.2) is 0 Å². The fourth-order valence-electron chi connectivity index (χ4n) is 2.24. The Hall–Kier alpha value is -2.26. The molecule has 0 aliphatic heterocycles. The molecule has 3 rings (SSSR count). The molecule has 9 heteroatoms. The van der Waals surface area contributed by atoms with Crippen LogP contribution in [-0.2, 0) is 6.61 Å². The molecular formula is C16H16ClN5O2S. The summed E-state index contributed by atoms with van der Waals surface area (Å²) in [6.45, 7) is 0.0651. The Labute approximate surface area is 152 Å². The van der Waals surface area contributed by atoms with Crippen molar-refractivity contribution < 1.29 is 9.90 Å². The summed E-state index contributed by atoms with van der Waals surface area (Å²) in [5, 5.41) is 14.8. The summed E-state index contributed by atoms with van der Waals surface area (Å²) in [7, 11) is 0. The van der Waals surface area contributed by atoms with Crippen LogP contribution in [0.25, 0.3) is 11.3 Å². The number of carbonyl (C=O) groups excluding carboxylic acids is 1. The maximum absolute atomic E-state index is 12.5. The third-order valence-corrected chi connectivity index (χ3v) is 4.77. The first-order valence-corrected chi connectivity index (χ1v) is 8.73. The quantitative estimate of drug-likeness (QED) is 0.491. The molecule has 0 aliphatic rings. The minimum atomic E-state index is -0.415. The van der Waals surface area contributed by atoms with Crippen molar-refractivity contribution in [3.63, 3.8) is 0 Å². The van der Waals surface area contributed by atoms with Gasteiger partial charge in [-0.05, 0) is 24.3 Å². The van der Waals surface area contributed by atoms with E-state index in [9.17, 15) is 4.79 Å². The minimum Gasteiger partial charge on any atom is -0.390 e. The van der Waals surface area contributed by atoms with E-state index in [1.807, 2.05) is 6.07 Å². The van der Waals surface area contributed by atoms with E-state index in [0.29, 0.717) is 21.5 Å². The first-order valence-electron chi connectivity index (χ1n) is 7.47. The molecule has 1 atom stereocenters. The first-order chi connectivity index (χ1) is 12.1. The lowest BCUT2D eigenvalue weighted by molar-refractivity contribution is 0.0933. The SMILES string of the molecule is NC[C@@H](NC(=O)c1ccc(-c2ccc(Cl)nc2)[nH]1)c1nc(CO)cs1. The average molecular weight is 378 g/mol. The highest BCUT2D eigenvalue weighted by Crippen LogP contribution is 2.21. The second-order valence-electron chi connectivity index (χ2n) is 5.25. The van der Waals surface area contributed by atoms with E-state index in [1.165, 1.54) is 11.3 Å². The predicted octanol–water partition coefficient (Wildman–Crippen LogP) is 2.11. The highest BCUT2D eigenvalue weighted by atomic mass is 35.5. The number of carbonyl (C=O) groups is 1. The van der Waals surface area contributed by atoms with Crippen LogP contribution in [0.2, 0.25) is 5.15 Å². The Morgan fingerprint density at radius 2 is 2.24 bits per heavy atom. The lowest BCUT2D eigenvalue weighted by Gasteiger charge is -2.13. The summed E-state index contributed by atoms with van der Waals surface area (Å²) in [4.78, 5) is 23.8. The van der Waals surface area contributed by atoms with Crippen LogP contribution in [0.15, 0.2) is 35.8 Å². The number of aliphatic hydroxyl groups is 1. The van der Waals surface area contributed by atoms with Crippen LogP contribution < -0.4 is 11.1 Å². The van der Waals surface area contributed by atoms with Crippen LogP contribution in [0.3, 0.4) is 0 Å². The van der Waals surface area contributed by atoms with Crippen molar-refractivity contribution in [1.29, 1.82) is 0 Å². The smallest absolute Gasteiger partial charge is 0.268 e. The minimum absolute atomic E-state index is 0.142. The normalized spacial score (nSPS) is 12.1. The molecule has 3 aromatic heterocycles. The molecule has 0 aliphatic carbocycles. The van der Waals surface area contributed by atoms with Gasteiger partial charge in [-0.15, -0.1) is 11.3 Å². The number of aromatic nitrogens is 3. The maximum Gasteiger partial charge on any atom is 0.268 e. The van der Waals surface area contributed by atoms with Crippen molar-refractivity contribution in [1.82, 2.24) is 20.3 Å². The standard InChI is InChI=1S/C16H16ClN5O2S/c17-14-4-1-9(6-19-14)11-2-3-12(21-11)15(24)22-13(5-18)16-20-10(7-23)8-25-16/h1-4,6,8,13,21,23H,5,7,18H2,(H,22,24)/t13-/m1/s1. The van der Waals surface area contributed by atoms with Crippen molar-refractivity contribution >= 4 is 28.8 Å². The van der Waals surface area contributed by atoms with E-state index in [1.54, 1.807) is 29.8 Å². The number of hydrogen-bond donors (Lipinski definition) is 4. The van der Waals surface area contributed by atoms with Crippen LogP contribution in [-0.4, -0.2) is 32.5 Å². The molecule has 0 saturated carbocycles. The van der Waals surface area contributed by atoms with Gasteiger partial charge in [-0.25, -0.2) is 9.97 Å². The van der Waals surface area contributed by atoms with Crippen molar-refractivity contribution in [2.75, 3.05) is 6.54 Å². The van der Waals surface area contributed by atoms with E-state index >= 15 is 0 Å². The Morgan fingerprint density at radius 1 is 1.40 bits per heavy atom. The van der Waals surface area contributed by atoms with Gasteiger partial charge in [0, 0.05) is 29.4 Å². The fourth-order valence-corrected chi connectivity index (χ4v) is 3.23. The highest BCUT2D eigenvalue weighted by Gasteiger charge is 2.18. The van der Waals surface area contributed by atoms with Gasteiger partial charge in [0.2, 0.25) is 0 Å². The van der Waals surface area contributed by atoms with E-state index in [-0.39, 0.29) is 19.1 Å². The maximum atomic E-state index is 12.5. The number of aromatic amines is 1. The zero-order chi connectivity index (χ0) is 17.8. The number of amides is 1. The van der Waals surface area contributed by atoms with Crippen LogP contribution in [0.5, 0.6) is 0 Å². The van der Waals surface area contributed by atoms with Crippen LogP contribution in [0.4, 0.5) is 0 Å². The lowest BCUT2D eigenvalue weighted by Crippen LogP contribution is -2.33. The van der Waals surface area contributed by atoms with Crippen LogP contribution in [0, 0.1) is 0 Å². The predicted molar refractivity (Wildman–Crippen MR) is 96.3 cm³/mol. The Bertz CT molecular complexity index is 862. The Morgan fingerprint density at radius 3 is 2.88 bits per heavy atom. The summed E-state index contributed by atoms with van der Waals surface area (Å²) in [5.41, 5.74) is 8.30. The molecule has 0 spiro atoms. The van der Waals surface area contributed by atoms with Crippen LogP contribution in [0.1, 0.15) is 27.2 Å². The molecule has 3 heterocycles. The van der Waals surface area contributed by atoms with E-state index < -0.39 is 6.04 Å². The molecule has 1 amide bonds. The summed E-state index contributed by atoms with van der Waals surface area (Å²) in [5.74, 6) is -0.288. The third-order valence-electron chi connectivity index (χ3n) is 3.54. The monoisotopic (exact) mass is 377 g/mol. The number of H-pyrrole nitrogens is 1. The topological polar surface area (TPSA) is 117 Å². The van der Waals surface area contributed by atoms with Crippen molar-refractivity contribution in [3.8, 4) is 11.3 Å². The molecule has 25 heavy (non-hydrogen) atoms. The first kappa shape index (κ1) is 17.6. The van der Waals surface area contributed by atoms with Crippen molar-refractivity contribution in [3.05, 3.63) is 57.4 Å². The van der Waals surface area contributed by atoms with Gasteiger partial charge in [-0.1, -0.05) is 11.6 Å². The van der Waals surface area contributed by atoms with Crippen molar-refractivity contribution in [2.45, 2.75) is 12.6 Å². The second-order valence-corrected chi connectivity index (χ2v) is 6.53. The summed E-state index contributed by atoms with van der Waals surface area (Å²) in [6.07, 6.45) is 1.63. The lowest BCUT2D eigenvalue weighted by atomic mass is 10.2. The molecule has 5 N–H and O–H groups in total. The number of halogens is 1. The Balaban J connectivity index is 1.73. The molecular weight excluding hydrogens is 362 g/mol.